The molecule has 7 rings (SSSR count). The van der Waals surface area contributed by atoms with Gasteiger partial charge in [0.15, 0.2) is 0 Å². The first-order chi connectivity index (χ1) is 30.5. The molecule has 332 valence electrons. The van der Waals surface area contributed by atoms with Crippen molar-refractivity contribution in [1.82, 2.24) is 25.4 Å². The zero-order valence-electron chi connectivity index (χ0n) is 35.4. The molecule has 17 heteroatoms. The Kier molecular flexibility index (Phi) is 14.7. The fourth-order valence-electron chi connectivity index (χ4n) is 7.96. The molecule has 2 atom stereocenters. The molecular formula is C46H53BrN8O8. The van der Waals surface area contributed by atoms with Gasteiger partial charge in [-0.1, -0.05) is 59.3 Å². The molecule has 1 fully saturated rings. The number of fused-ring (bicyclic) bond motifs is 4. The lowest BCUT2D eigenvalue weighted by Gasteiger charge is -2.31. The van der Waals surface area contributed by atoms with Crippen LogP contribution in [-0.4, -0.2) is 110 Å². The van der Waals surface area contributed by atoms with E-state index in [4.69, 9.17) is 19.9 Å². The number of hydrogen-bond acceptors (Lipinski definition) is 9. The predicted molar refractivity (Wildman–Crippen MR) is 245 cm³/mol. The molecule has 3 heterocycles. The van der Waals surface area contributed by atoms with Crippen molar-refractivity contribution in [2.75, 3.05) is 75.0 Å². The van der Waals surface area contributed by atoms with Crippen LogP contribution in [0.4, 0.5) is 25.8 Å². The molecule has 63 heavy (non-hydrogen) atoms. The number of hydrogen-bond donors (Lipinski definition) is 5. The van der Waals surface area contributed by atoms with Crippen LogP contribution in [0.5, 0.6) is 11.5 Å². The number of carbonyl (C=O) groups excluding carboxylic acids is 5. The zero-order chi connectivity index (χ0) is 44.5. The summed E-state index contributed by atoms with van der Waals surface area (Å²) in [6, 6.07) is 23.4. The first kappa shape index (κ1) is 44.7. The first-order valence-electron chi connectivity index (χ1n) is 21.2. The number of likely N-dealkylation sites (N-methyl/N-ethyl adjacent to an activating group) is 1. The van der Waals surface area contributed by atoms with Gasteiger partial charge in [0.1, 0.15) is 30.4 Å². The lowest BCUT2D eigenvalue weighted by molar-refractivity contribution is -0.120. The fraction of sp³-hybridized carbons (Fsp3) is 0.370. The van der Waals surface area contributed by atoms with Gasteiger partial charge >= 0.3 is 18.2 Å². The number of urea groups is 1. The molecular weight excluding hydrogens is 872 g/mol. The third kappa shape index (κ3) is 11.0. The van der Waals surface area contributed by atoms with Crippen molar-refractivity contribution < 1.29 is 38.2 Å². The summed E-state index contributed by atoms with van der Waals surface area (Å²) in [6.45, 7) is 5.93. The predicted octanol–water partition coefficient (Wildman–Crippen LogP) is 6.92. The number of alkyl carbamates (subject to hydrolysis) is 1. The van der Waals surface area contributed by atoms with Crippen LogP contribution >= 0.6 is 15.9 Å². The highest BCUT2D eigenvalue weighted by Crippen LogP contribution is 2.46. The number of halogens is 1. The van der Waals surface area contributed by atoms with Crippen LogP contribution in [0.3, 0.4) is 0 Å². The summed E-state index contributed by atoms with van der Waals surface area (Å²) >= 11 is 3.68. The Morgan fingerprint density at radius 1 is 0.921 bits per heavy atom. The largest absolute Gasteiger partial charge is 0.492 e. The Morgan fingerprint density at radius 2 is 1.68 bits per heavy atom. The van der Waals surface area contributed by atoms with E-state index < -0.39 is 18.2 Å². The van der Waals surface area contributed by atoms with Crippen LogP contribution in [-0.2, 0) is 16.1 Å². The van der Waals surface area contributed by atoms with E-state index in [0.717, 1.165) is 45.9 Å². The lowest BCUT2D eigenvalue weighted by atomic mass is 9.95. The second-order valence-electron chi connectivity index (χ2n) is 15.8. The van der Waals surface area contributed by atoms with E-state index in [9.17, 15) is 24.0 Å². The number of aromatic amines is 1. The number of alkyl halides is 1. The number of nitrogens with two attached hydrogens (primary N) is 1. The SMILES string of the molecule is CC[C@@H](CCCNC(N)=O)C(=O)Nc1ccc(COC(=O)NCCOc2ccc3[nH]c(C(=O)N4C[C@@H](CBr)c5c4cc(OC(=O)N4CCN(C)CC4)c4ccccc54)cc3c2)cc1. The number of nitrogens with one attached hydrogen (secondary N) is 4. The van der Waals surface area contributed by atoms with Gasteiger partial charge in [-0.3, -0.25) is 9.59 Å². The average molecular weight is 926 g/mol. The molecule has 4 aromatic carbocycles. The number of piperazine rings is 1. The van der Waals surface area contributed by atoms with Crippen LogP contribution in [0.25, 0.3) is 21.7 Å². The molecule has 1 saturated heterocycles. The summed E-state index contributed by atoms with van der Waals surface area (Å²) in [5.41, 5.74) is 9.38. The number of amides is 6. The minimum atomic E-state index is -0.601. The smallest absolute Gasteiger partial charge is 0.415 e. The maximum atomic E-state index is 14.3. The summed E-state index contributed by atoms with van der Waals surface area (Å²) < 4.78 is 17.3. The number of rotatable bonds is 16. The van der Waals surface area contributed by atoms with Gasteiger partial charge in [-0.2, -0.15) is 0 Å². The number of H-pyrrole nitrogens is 1. The average Bonchev–Trinajstić information content (AvgIpc) is 3.89. The topological polar surface area (TPSA) is 201 Å². The van der Waals surface area contributed by atoms with Crippen molar-refractivity contribution in [1.29, 1.82) is 0 Å². The van der Waals surface area contributed by atoms with E-state index in [0.29, 0.717) is 79.3 Å². The molecule has 0 saturated carbocycles. The molecule has 16 nitrogen and oxygen atoms in total. The molecule has 6 amide bonds. The van der Waals surface area contributed by atoms with E-state index in [1.54, 1.807) is 46.2 Å². The molecule has 6 N–H and O–H groups in total. The first-order valence-corrected chi connectivity index (χ1v) is 22.3. The highest BCUT2D eigenvalue weighted by atomic mass is 79.9. The second-order valence-corrected chi connectivity index (χ2v) is 16.4. The number of benzene rings is 4. The number of carbonyl (C=O) groups is 5. The minimum Gasteiger partial charge on any atom is -0.492 e. The Bertz CT molecular complexity index is 2450. The summed E-state index contributed by atoms with van der Waals surface area (Å²) in [6.07, 6.45) is 0.918. The van der Waals surface area contributed by atoms with Gasteiger partial charge in [0.2, 0.25) is 5.91 Å². The number of aromatic nitrogens is 1. The Hall–Kier alpha value is -6.33. The van der Waals surface area contributed by atoms with E-state index in [1.807, 2.05) is 56.4 Å². The Balaban J connectivity index is 0.908. The quantitative estimate of drug-likeness (QED) is 0.0515. The monoisotopic (exact) mass is 924 g/mol. The Morgan fingerprint density at radius 3 is 2.41 bits per heavy atom. The molecule has 2 aliphatic heterocycles. The van der Waals surface area contributed by atoms with Crippen molar-refractivity contribution in [2.45, 2.75) is 38.7 Å². The maximum Gasteiger partial charge on any atom is 0.415 e. The third-order valence-corrected chi connectivity index (χ3v) is 12.2. The van der Waals surface area contributed by atoms with Crippen molar-refractivity contribution in [3.05, 3.63) is 95.7 Å². The summed E-state index contributed by atoms with van der Waals surface area (Å²) in [7, 11) is 2.03. The lowest BCUT2D eigenvalue weighted by Crippen LogP contribution is -2.48. The van der Waals surface area contributed by atoms with Crippen LogP contribution < -0.4 is 36.1 Å². The van der Waals surface area contributed by atoms with Gasteiger partial charge in [0, 0.05) is 84.5 Å². The van der Waals surface area contributed by atoms with Gasteiger partial charge in [-0.15, -0.1) is 0 Å². The fourth-order valence-corrected chi connectivity index (χ4v) is 8.48. The maximum absolute atomic E-state index is 14.3. The highest BCUT2D eigenvalue weighted by molar-refractivity contribution is 9.09. The highest BCUT2D eigenvalue weighted by Gasteiger charge is 2.36. The van der Waals surface area contributed by atoms with E-state index in [1.165, 1.54) is 0 Å². The van der Waals surface area contributed by atoms with Crippen LogP contribution in [0.15, 0.2) is 78.9 Å². The van der Waals surface area contributed by atoms with E-state index in [2.05, 4.69) is 41.8 Å². The van der Waals surface area contributed by atoms with E-state index in [-0.39, 0.29) is 43.4 Å². The number of ether oxygens (including phenoxy) is 3. The summed E-state index contributed by atoms with van der Waals surface area (Å²) in [5, 5.41) is 11.3. The second kappa shape index (κ2) is 20.7. The molecule has 0 aliphatic carbocycles. The normalized spacial score (nSPS) is 15.4. The van der Waals surface area contributed by atoms with Gasteiger partial charge in [-0.25, -0.2) is 14.4 Å². The number of nitrogens with zero attached hydrogens (tertiary/aromatic N) is 3. The zero-order valence-corrected chi connectivity index (χ0v) is 37.0. The van der Waals surface area contributed by atoms with Gasteiger partial charge in [0.05, 0.1) is 12.2 Å². The van der Waals surface area contributed by atoms with Crippen molar-refractivity contribution in [3.63, 3.8) is 0 Å². The Labute approximate surface area is 373 Å². The molecule has 0 bridgehead atoms. The minimum absolute atomic E-state index is 0.0235. The van der Waals surface area contributed by atoms with Crippen molar-refractivity contribution in [3.8, 4) is 11.5 Å². The van der Waals surface area contributed by atoms with Gasteiger partial charge in [-0.05, 0) is 79.2 Å². The van der Waals surface area contributed by atoms with E-state index >= 15 is 0 Å². The van der Waals surface area contributed by atoms with Crippen molar-refractivity contribution >= 4 is 79.0 Å². The molecule has 1 aromatic heterocycles. The molecule has 5 aromatic rings. The number of anilines is 2. The summed E-state index contributed by atoms with van der Waals surface area (Å²) in [5.74, 6) is 0.500. The van der Waals surface area contributed by atoms with Gasteiger partial charge < -0.3 is 55.6 Å². The number of primary amides is 1. The van der Waals surface area contributed by atoms with Gasteiger partial charge in [0.25, 0.3) is 5.91 Å². The van der Waals surface area contributed by atoms with Crippen LogP contribution in [0, 0.1) is 5.92 Å². The van der Waals surface area contributed by atoms with Crippen LogP contribution in [0.1, 0.15) is 53.7 Å². The summed E-state index contributed by atoms with van der Waals surface area (Å²) in [4.78, 5) is 72.5. The molecule has 0 radical (unpaired) electrons. The standard InChI is InChI=1S/C46H53BrN8O8/c1-3-30(7-6-16-49-44(48)58)42(56)51-33-12-10-29(11-13-33)28-62-45(59)50-17-22-61-34-14-15-37-31(23-34)24-38(52-37)43(57)55-27-32(26-47)41-36-9-5-4-8-35(36)40(25-39(41)55)63-46(60)54-20-18-53(2)19-21-54/h4-5,8-15,23-25,30,32,52H,3,6-7,16-22,26-28H2,1-2H3,(H,50,59)(H,51,56)(H3,48,49,58)/t30-,32+/m0/s1. The molecule has 0 spiro atoms. The molecule has 0 unspecified atom stereocenters. The van der Waals surface area contributed by atoms with Crippen molar-refractivity contribution in [2.24, 2.45) is 11.7 Å². The third-order valence-electron chi connectivity index (χ3n) is 11.5. The van der Waals surface area contributed by atoms with Crippen LogP contribution in [0.2, 0.25) is 0 Å². The molecule has 2 aliphatic rings.